The van der Waals surface area contributed by atoms with Gasteiger partial charge in [0.25, 0.3) is 0 Å². The lowest BCUT2D eigenvalue weighted by atomic mass is 9.97. The highest BCUT2D eigenvalue weighted by Crippen LogP contribution is 2.28. The van der Waals surface area contributed by atoms with Crippen molar-refractivity contribution in [3.63, 3.8) is 0 Å². The summed E-state index contributed by atoms with van der Waals surface area (Å²) in [5.41, 5.74) is -0.0465. The Morgan fingerprint density at radius 3 is 2.74 bits per heavy atom. The lowest BCUT2D eigenvalue weighted by molar-refractivity contribution is -0.0136. The van der Waals surface area contributed by atoms with Crippen LogP contribution < -0.4 is 5.32 Å². The number of carbonyl (C=O) groups is 1. The molecule has 1 atom stereocenters. The van der Waals surface area contributed by atoms with Gasteiger partial charge in [0.15, 0.2) is 0 Å². The molecule has 2 aliphatic rings. The van der Waals surface area contributed by atoms with Gasteiger partial charge in [0.2, 0.25) is 0 Å². The van der Waals surface area contributed by atoms with E-state index in [9.17, 15) is 4.79 Å². The lowest BCUT2D eigenvalue weighted by Crippen LogP contribution is -2.46. The van der Waals surface area contributed by atoms with E-state index < -0.39 is 0 Å². The highest BCUT2D eigenvalue weighted by molar-refractivity contribution is 5.74. The van der Waals surface area contributed by atoms with Gasteiger partial charge in [-0.3, -0.25) is 4.68 Å². The maximum absolute atomic E-state index is 12.3. The Balaban J connectivity index is 1.37. The first-order valence-corrected chi connectivity index (χ1v) is 8.56. The SMILES string of the molecule is CC1(C)CC[C@H](CNC(=O)N2CCC(Cn3ccnn3)CC2)O1. The zero-order valence-corrected chi connectivity index (χ0v) is 14.1. The van der Waals surface area contributed by atoms with Gasteiger partial charge in [-0.1, -0.05) is 5.21 Å². The number of aromatic nitrogens is 3. The predicted molar refractivity (Wildman–Crippen MR) is 85.9 cm³/mol. The van der Waals surface area contributed by atoms with Crippen LogP contribution in [0.15, 0.2) is 12.4 Å². The summed E-state index contributed by atoms with van der Waals surface area (Å²) in [6.07, 6.45) is 7.85. The number of nitrogens with one attached hydrogen (secondary N) is 1. The molecule has 2 amide bonds. The van der Waals surface area contributed by atoms with Crippen molar-refractivity contribution in [1.82, 2.24) is 25.2 Å². The van der Waals surface area contributed by atoms with Crippen LogP contribution in [0.1, 0.15) is 39.5 Å². The van der Waals surface area contributed by atoms with Crippen LogP contribution in [0.2, 0.25) is 0 Å². The molecule has 7 heteroatoms. The van der Waals surface area contributed by atoms with Crippen LogP contribution in [0.25, 0.3) is 0 Å². The second-order valence-corrected chi connectivity index (χ2v) is 7.28. The first kappa shape index (κ1) is 16.2. The van der Waals surface area contributed by atoms with Crippen molar-refractivity contribution < 1.29 is 9.53 Å². The second kappa shape index (κ2) is 6.86. The van der Waals surface area contributed by atoms with Crippen molar-refractivity contribution in [2.24, 2.45) is 5.92 Å². The molecule has 1 N–H and O–H groups in total. The average molecular weight is 321 g/mol. The van der Waals surface area contributed by atoms with Crippen molar-refractivity contribution in [3.05, 3.63) is 12.4 Å². The summed E-state index contributed by atoms with van der Waals surface area (Å²) in [5.74, 6) is 0.569. The number of piperidine rings is 1. The van der Waals surface area contributed by atoms with E-state index in [0.717, 1.165) is 45.3 Å². The minimum atomic E-state index is -0.0465. The fourth-order valence-corrected chi connectivity index (χ4v) is 3.45. The highest BCUT2D eigenvalue weighted by Gasteiger charge is 2.32. The fraction of sp³-hybridized carbons (Fsp3) is 0.812. The van der Waals surface area contributed by atoms with Gasteiger partial charge in [0.05, 0.1) is 17.9 Å². The Hall–Kier alpha value is -1.63. The van der Waals surface area contributed by atoms with Gasteiger partial charge in [-0.05, 0) is 45.4 Å². The topological polar surface area (TPSA) is 72.3 Å². The van der Waals surface area contributed by atoms with Gasteiger partial charge in [0.1, 0.15) is 0 Å². The van der Waals surface area contributed by atoms with E-state index in [2.05, 4.69) is 29.5 Å². The zero-order valence-electron chi connectivity index (χ0n) is 14.1. The largest absolute Gasteiger partial charge is 0.371 e. The van der Waals surface area contributed by atoms with Crippen LogP contribution >= 0.6 is 0 Å². The molecule has 2 aliphatic heterocycles. The van der Waals surface area contributed by atoms with Crippen molar-refractivity contribution >= 4 is 6.03 Å². The highest BCUT2D eigenvalue weighted by atomic mass is 16.5. The Bertz CT molecular complexity index is 509. The summed E-state index contributed by atoms with van der Waals surface area (Å²) in [6.45, 7) is 7.33. The van der Waals surface area contributed by atoms with Crippen LogP contribution in [-0.4, -0.2) is 57.3 Å². The summed E-state index contributed by atoms with van der Waals surface area (Å²) < 4.78 is 7.79. The van der Waals surface area contributed by atoms with E-state index in [1.54, 1.807) is 6.20 Å². The monoisotopic (exact) mass is 321 g/mol. The number of ether oxygens (including phenoxy) is 1. The van der Waals surface area contributed by atoms with E-state index in [1.807, 2.05) is 15.8 Å². The Labute approximate surface area is 137 Å². The molecule has 0 radical (unpaired) electrons. The maximum Gasteiger partial charge on any atom is 0.317 e. The maximum atomic E-state index is 12.3. The van der Waals surface area contributed by atoms with Crippen LogP contribution in [0.4, 0.5) is 4.79 Å². The molecule has 2 fully saturated rings. The van der Waals surface area contributed by atoms with Crippen LogP contribution in [0.5, 0.6) is 0 Å². The predicted octanol–water partition coefficient (Wildman–Crippen LogP) is 1.66. The van der Waals surface area contributed by atoms with Crippen LogP contribution in [0.3, 0.4) is 0 Å². The number of rotatable bonds is 4. The molecule has 1 aromatic heterocycles. The molecular weight excluding hydrogens is 294 g/mol. The Kier molecular flexibility index (Phi) is 4.84. The number of carbonyl (C=O) groups excluding carboxylic acids is 1. The molecule has 1 aromatic rings. The van der Waals surface area contributed by atoms with Crippen molar-refractivity contribution in [1.29, 1.82) is 0 Å². The Morgan fingerprint density at radius 1 is 1.35 bits per heavy atom. The van der Waals surface area contributed by atoms with Crippen LogP contribution in [-0.2, 0) is 11.3 Å². The minimum Gasteiger partial charge on any atom is -0.371 e. The molecule has 0 spiro atoms. The van der Waals surface area contributed by atoms with Crippen molar-refractivity contribution in [3.8, 4) is 0 Å². The van der Waals surface area contributed by atoms with E-state index in [1.165, 1.54) is 0 Å². The minimum absolute atomic E-state index is 0.0394. The zero-order chi connectivity index (χ0) is 16.3. The number of urea groups is 1. The molecule has 23 heavy (non-hydrogen) atoms. The molecule has 2 saturated heterocycles. The van der Waals surface area contributed by atoms with E-state index >= 15 is 0 Å². The number of amides is 2. The molecule has 7 nitrogen and oxygen atoms in total. The standard InChI is InChI=1S/C16H27N5O2/c1-16(2)6-3-14(23-16)11-17-15(22)20-8-4-13(5-9-20)12-21-10-7-18-19-21/h7,10,13-14H,3-6,8-9,11-12H2,1-2H3,(H,17,22)/t14-/m1/s1. The summed E-state index contributed by atoms with van der Waals surface area (Å²) in [6, 6.07) is 0.0394. The second-order valence-electron chi connectivity index (χ2n) is 7.28. The van der Waals surface area contributed by atoms with E-state index in [4.69, 9.17) is 4.74 Å². The van der Waals surface area contributed by atoms with Gasteiger partial charge in [-0.25, -0.2) is 4.79 Å². The lowest BCUT2D eigenvalue weighted by Gasteiger charge is -2.32. The van der Waals surface area contributed by atoms with E-state index in [0.29, 0.717) is 12.5 Å². The van der Waals surface area contributed by atoms with Gasteiger partial charge in [-0.2, -0.15) is 0 Å². The number of nitrogens with zero attached hydrogens (tertiary/aromatic N) is 4. The quantitative estimate of drug-likeness (QED) is 0.915. The number of hydrogen-bond acceptors (Lipinski definition) is 4. The summed E-state index contributed by atoms with van der Waals surface area (Å²) in [4.78, 5) is 14.2. The number of hydrogen-bond donors (Lipinski definition) is 1. The fourth-order valence-electron chi connectivity index (χ4n) is 3.45. The molecule has 0 bridgehead atoms. The smallest absolute Gasteiger partial charge is 0.317 e. The molecule has 0 unspecified atom stereocenters. The molecular formula is C16H27N5O2. The Morgan fingerprint density at radius 2 is 2.13 bits per heavy atom. The summed E-state index contributed by atoms with van der Waals surface area (Å²) >= 11 is 0. The van der Waals surface area contributed by atoms with Crippen molar-refractivity contribution in [2.45, 2.75) is 57.8 Å². The van der Waals surface area contributed by atoms with Gasteiger partial charge in [-0.15, -0.1) is 5.10 Å². The van der Waals surface area contributed by atoms with Gasteiger partial charge in [0, 0.05) is 32.4 Å². The summed E-state index contributed by atoms with van der Waals surface area (Å²) in [5, 5.41) is 10.9. The van der Waals surface area contributed by atoms with Crippen molar-refractivity contribution in [2.75, 3.05) is 19.6 Å². The molecule has 0 aromatic carbocycles. The summed E-state index contributed by atoms with van der Waals surface area (Å²) in [7, 11) is 0. The van der Waals surface area contributed by atoms with Crippen LogP contribution in [0, 0.1) is 5.92 Å². The third-order valence-corrected chi connectivity index (χ3v) is 4.85. The molecule has 0 aliphatic carbocycles. The third-order valence-electron chi connectivity index (χ3n) is 4.85. The van der Waals surface area contributed by atoms with E-state index in [-0.39, 0.29) is 17.7 Å². The normalized spacial score (nSPS) is 24.8. The first-order chi connectivity index (χ1) is 11.0. The molecule has 128 valence electrons. The molecule has 3 heterocycles. The van der Waals surface area contributed by atoms with Gasteiger partial charge < -0.3 is 15.0 Å². The third kappa shape index (κ3) is 4.43. The van der Waals surface area contributed by atoms with Gasteiger partial charge >= 0.3 is 6.03 Å². The molecule has 3 rings (SSSR count). The average Bonchev–Trinajstić information content (AvgIpc) is 3.15. The number of likely N-dealkylation sites (tertiary alicyclic amines) is 1. The molecule has 0 saturated carbocycles. The first-order valence-electron chi connectivity index (χ1n) is 8.56.